The molecule has 0 spiro atoms. The van der Waals surface area contributed by atoms with Crippen LogP contribution < -0.4 is 21.3 Å². The number of nitrogens with one attached hydrogen (secondary N) is 4. The molecule has 0 aromatic rings. The van der Waals surface area contributed by atoms with Crippen molar-refractivity contribution in [1.82, 2.24) is 21.3 Å². The number of alkyl carbamates (subject to hydrolysis) is 1. The lowest BCUT2D eigenvalue weighted by Gasteiger charge is -2.20. The summed E-state index contributed by atoms with van der Waals surface area (Å²) >= 11 is 0. The summed E-state index contributed by atoms with van der Waals surface area (Å²) in [6.45, 7) is 6.51. The Bertz CT molecular complexity index is 642. The molecular weight excluding hydrogens is 374 g/mol. The standard InChI is InChI=1S/C16H31N5O5S/c1-16(2,3)26-15(23)20-9-8-19-14(17-4)18-7-5-13(22)21-12-6-10-27(24,25)11-12/h12H,5-11H2,1-4H3,(H,20,23)(H,21,22)(H2,17,18,19). The molecular formula is C16H31N5O5S. The monoisotopic (exact) mass is 405 g/mol. The van der Waals surface area contributed by atoms with E-state index in [2.05, 4.69) is 26.3 Å². The van der Waals surface area contributed by atoms with Crippen molar-refractivity contribution < 1.29 is 22.7 Å². The van der Waals surface area contributed by atoms with Crippen LogP contribution in [-0.2, 0) is 19.4 Å². The first-order valence-corrected chi connectivity index (χ1v) is 10.7. The molecule has 27 heavy (non-hydrogen) atoms. The van der Waals surface area contributed by atoms with Gasteiger partial charge in [-0.1, -0.05) is 0 Å². The van der Waals surface area contributed by atoms with Crippen molar-refractivity contribution in [3.63, 3.8) is 0 Å². The van der Waals surface area contributed by atoms with Crippen LogP contribution in [-0.4, -0.2) is 76.2 Å². The second-order valence-corrected chi connectivity index (χ2v) is 9.50. The van der Waals surface area contributed by atoms with E-state index < -0.39 is 21.5 Å². The van der Waals surface area contributed by atoms with E-state index >= 15 is 0 Å². The summed E-state index contributed by atoms with van der Waals surface area (Å²) in [6.07, 6.45) is 0.181. The number of nitrogens with zero attached hydrogens (tertiary/aromatic N) is 1. The molecule has 1 heterocycles. The van der Waals surface area contributed by atoms with E-state index in [0.29, 0.717) is 32.0 Å². The largest absolute Gasteiger partial charge is 0.444 e. The van der Waals surface area contributed by atoms with Crippen LogP contribution in [0.25, 0.3) is 0 Å². The van der Waals surface area contributed by atoms with Crippen molar-refractivity contribution in [2.24, 2.45) is 4.99 Å². The number of ether oxygens (including phenoxy) is 1. The first kappa shape index (κ1) is 23.0. The molecule has 0 bridgehead atoms. The Morgan fingerprint density at radius 1 is 1.11 bits per heavy atom. The Hall–Kier alpha value is -2.04. The first-order chi connectivity index (χ1) is 12.5. The predicted molar refractivity (Wildman–Crippen MR) is 103 cm³/mol. The molecule has 0 saturated carbocycles. The van der Waals surface area contributed by atoms with E-state index in [1.807, 2.05) is 0 Å². The average Bonchev–Trinajstić information content (AvgIpc) is 2.86. The highest BCUT2D eigenvalue weighted by molar-refractivity contribution is 7.91. The molecule has 1 aliphatic heterocycles. The SMILES string of the molecule is CN=C(NCCNC(=O)OC(C)(C)C)NCCC(=O)NC1CCS(=O)(=O)C1. The van der Waals surface area contributed by atoms with Crippen LogP contribution in [0.3, 0.4) is 0 Å². The third-order valence-corrected chi connectivity index (χ3v) is 5.32. The molecule has 10 nitrogen and oxygen atoms in total. The second-order valence-electron chi connectivity index (χ2n) is 7.27. The summed E-state index contributed by atoms with van der Waals surface area (Å²) in [7, 11) is -1.41. The topological polar surface area (TPSA) is 138 Å². The smallest absolute Gasteiger partial charge is 0.407 e. The number of rotatable bonds is 7. The van der Waals surface area contributed by atoms with Crippen LogP contribution in [0.1, 0.15) is 33.6 Å². The summed E-state index contributed by atoms with van der Waals surface area (Å²) in [5, 5.41) is 11.3. The van der Waals surface area contributed by atoms with Crippen LogP contribution in [0, 0.1) is 0 Å². The summed E-state index contributed by atoms with van der Waals surface area (Å²) in [5.74, 6) is 0.438. The number of carbonyl (C=O) groups excluding carboxylic acids is 2. The highest BCUT2D eigenvalue weighted by Gasteiger charge is 2.28. The molecule has 0 radical (unpaired) electrons. The molecule has 0 aromatic carbocycles. The molecule has 11 heteroatoms. The third-order valence-electron chi connectivity index (χ3n) is 3.55. The van der Waals surface area contributed by atoms with Crippen molar-refractivity contribution >= 4 is 27.8 Å². The van der Waals surface area contributed by atoms with Gasteiger partial charge in [-0.2, -0.15) is 0 Å². The summed E-state index contributed by atoms with van der Waals surface area (Å²) < 4.78 is 27.9. The lowest BCUT2D eigenvalue weighted by Crippen LogP contribution is -2.44. The molecule has 1 unspecified atom stereocenters. The average molecular weight is 406 g/mol. The predicted octanol–water partition coefficient (Wildman–Crippen LogP) is -0.630. The van der Waals surface area contributed by atoms with Gasteiger partial charge in [-0.25, -0.2) is 13.2 Å². The van der Waals surface area contributed by atoms with Crippen LogP contribution in [0.15, 0.2) is 4.99 Å². The lowest BCUT2D eigenvalue weighted by molar-refractivity contribution is -0.121. The zero-order valence-corrected chi connectivity index (χ0v) is 17.2. The van der Waals surface area contributed by atoms with E-state index in [-0.39, 0.29) is 29.9 Å². The Morgan fingerprint density at radius 2 is 1.74 bits per heavy atom. The number of amides is 2. The van der Waals surface area contributed by atoms with Crippen LogP contribution in [0.2, 0.25) is 0 Å². The lowest BCUT2D eigenvalue weighted by atomic mass is 10.2. The maximum atomic E-state index is 11.9. The van der Waals surface area contributed by atoms with Crippen molar-refractivity contribution in [3.05, 3.63) is 0 Å². The fraction of sp³-hybridized carbons (Fsp3) is 0.812. The number of guanidine groups is 1. The fourth-order valence-corrected chi connectivity index (χ4v) is 4.06. The molecule has 1 aliphatic rings. The molecule has 156 valence electrons. The minimum absolute atomic E-state index is 0.0139. The van der Waals surface area contributed by atoms with Gasteiger partial charge in [0.15, 0.2) is 15.8 Å². The van der Waals surface area contributed by atoms with Crippen LogP contribution in [0.4, 0.5) is 4.79 Å². The fourth-order valence-electron chi connectivity index (χ4n) is 2.38. The maximum Gasteiger partial charge on any atom is 0.407 e. The van der Waals surface area contributed by atoms with Crippen LogP contribution in [0.5, 0.6) is 0 Å². The van der Waals surface area contributed by atoms with Gasteiger partial charge in [-0.3, -0.25) is 9.79 Å². The summed E-state index contributed by atoms with van der Waals surface area (Å²) in [6, 6.07) is -0.293. The zero-order chi connectivity index (χ0) is 20.5. The molecule has 2 amide bonds. The summed E-state index contributed by atoms with van der Waals surface area (Å²) in [5.41, 5.74) is -0.543. The third kappa shape index (κ3) is 10.6. The van der Waals surface area contributed by atoms with Gasteiger partial charge in [0.25, 0.3) is 0 Å². The Balaban J connectivity index is 2.15. The second kappa shape index (κ2) is 10.3. The highest BCUT2D eigenvalue weighted by Crippen LogP contribution is 2.11. The minimum Gasteiger partial charge on any atom is -0.444 e. The number of carbonyl (C=O) groups is 2. The summed E-state index contributed by atoms with van der Waals surface area (Å²) in [4.78, 5) is 27.4. The molecule has 0 aromatic heterocycles. The van der Waals surface area contributed by atoms with E-state index in [1.165, 1.54) is 0 Å². The van der Waals surface area contributed by atoms with E-state index in [1.54, 1.807) is 27.8 Å². The quantitative estimate of drug-likeness (QED) is 0.251. The van der Waals surface area contributed by atoms with Gasteiger partial charge in [-0.15, -0.1) is 0 Å². The van der Waals surface area contributed by atoms with Crippen molar-refractivity contribution in [2.75, 3.05) is 38.2 Å². The number of aliphatic imine (C=N–C) groups is 1. The van der Waals surface area contributed by atoms with Gasteiger partial charge in [0.1, 0.15) is 5.60 Å². The van der Waals surface area contributed by atoms with E-state index in [0.717, 1.165) is 0 Å². The molecule has 1 atom stereocenters. The van der Waals surface area contributed by atoms with Crippen molar-refractivity contribution in [3.8, 4) is 0 Å². The van der Waals surface area contributed by atoms with Gasteiger partial charge in [0, 0.05) is 39.1 Å². The van der Waals surface area contributed by atoms with Crippen molar-refractivity contribution in [1.29, 1.82) is 0 Å². The Morgan fingerprint density at radius 3 is 2.30 bits per heavy atom. The normalized spacial score (nSPS) is 19.3. The van der Waals surface area contributed by atoms with Gasteiger partial charge in [-0.05, 0) is 27.2 Å². The van der Waals surface area contributed by atoms with E-state index in [9.17, 15) is 18.0 Å². The number of hydrogen-bond acceptors (Lipinski definition) is 6. The minimum atomic E-state index is -3.01. The first-order valence-electron chi connectivity index (χ1n) is 8.92. The van der Waals surface area contributed by atoms with E-state index in [4.69, 9.17) is 4.74 Å². The highest BCUT2D eigenvalue weighted by atomic mass is 32.2. The van der Waals surface area contributed by atoms with Crippen LogP contribution >= 0.6 is 0 Å². The van der Waals surface area contributed by atoms with Gasteiger partial charge < -0.3 is 26.0 Å². The number of hydrogen-bond donors (Lipinski definition) is 4. The molecule has 1 fully saturated rings. The number of sulfone groups is 1. The molecule has 0 aliphatic carbocycles. The molecule has 4 N–H and O–H groups in total. The maximum absolute atomic E-state index is 11.9. The Labute approximate surface area is 160 Å². The molecule has 1 saturated heterocycles. The van der Waals surface area contributed by atoms with Gasteiger partial charge >= 0.3 is 6.09 Å². The molecule has 1 rings (SSSR count). The van der Waals surface area contributed by atoms with Gasteiger partial charge in [0.2, 0.25) is 5.91 Å². The zero-order valence-electron chi connectivity index (χ0n) is 16.4. The van der Waals surface area contributed by atoms with Crippen molar-refractivity contribution in [2.45, 2.75) is 45.3 Å². The Kier molecular flexibility index (Phi) is 8.80. The van der Waals surface area contributed by atoms with Gasteiger partial charge in [0.05, 0.1) is 11.5 Å².